The Labute approximate surface area is 113 Å². The highest BCUT2D eigenvalue weighted by molar-refractivity contribution is 7.07. The summed E-state index contributed by atoms with van der Waals surface area (Å²) in [5.41, 5.74) is 2.67. The fourth-order valence-corrected chi connectivity index (χ4v) is 2.80. The number of aromatic nitrogens is 2. The van der Waals surface area contributed by atoms with Crippen molar-refractivity contribution in [3.8, 4) is 0 Å². The molecule has 0 saturated carbocycles. The van der Waals surface area contributed by atoms with Crippen LogP contribution in [0.3, 0.4) is 0 Å². The summed E-state index contributed by atoms with van der Waals surface area (Å²) < 4.78 is 1.97. The van der Waals surface area contributed by atoms with Gasteiger partial charge in [-0.15, -0.1) is 0 Å². The van der Waals surface area contributed by atoms with Crippen LogP contribution in [0.4, 0.5) is 0 Å². The van der Waals surface area contributed by atoms with Crippen molar-refractivity contribution in [2.24, 2.45) is 0 Å². The lowest BCUT2D eigenvalue weighted by atomic mass is 10.1. The number of aryl methyl sites for hydroxylation is 1. The second kappa shape index (κ2) is 6.16. The van der Waals surface area contributed by atoms with E-state index in [1.54, 1.807) is 11.3 Å². The van der Waals surface area contributed by atoms with Gasteiger partial charge in [0.2, 0.25) is 0 Å². The molecule has 2 heterocycles. The third kappa shape index (κ3) is 3.43. The van der Waals surface area contributed by atoms with Crippen LogP contribution < -0.4 is 5.32 Å². The van der Waals surface area contributed by atoms with E-state index in [0.29, 0.717) is 12.1 Å². The molecule has 2 unspecified atom stereocenters. The summed E-state index contributed by atoms with van der Waals surface area (Å²) in [6.45, 7) is 7.46. The first-order valence-corrected chi connectivity index (χ1v) is 7.42. The van der Waals surface area contributed by atoms with Gasteiger partial charge in [0.1, 0.15) is 0 Å². The highest BCUT2D eigenvalue weighted by Gasteiger charge is 2.11. The van der Waals surface area contributed by atoms with Gasteiger partial charge in [-0.3, -0.25) is 4.68 Å². The first-order valence-electron chi connectivity index (χ1n) is 6.48. The average molecular weight is 263 g/mol. The van der Waals surface area contributed by atoms with Gasteiger partial charge in [-0.1, -0.05) is 0 Å². The largest absolute Gasteiger partial charge is 0.307 e. The monoisotopic (exact) mass is 263 g/mol. The van der Waals surface area contributed by atoms with Crippen LogP contribution in [0.2, 0.25) is 0 Å². The number of nitrogens with one attached hydrogen (secondary N) is 1. The quantitative estimate of drug-likeness (QED) is 0.867. The standard InChI is InChI=1S/C14H21N3S/c1-4-17-9-14(8-15-17)12(3)16-11(2)7-13-5-6-18-10-13/h5-6,8-12,16H,4,7H2,1-3H3. The normalized spacial score (nSPS) is 14.6. The Kier molecular flexibility index (Phi) is 4.55. The number of rotatable bonds is 6. The predicted octanol–water partition coefficient (Wildman–Crippen LogP) is 3.25. The molecule has 2 aromatic rings. The molecule has 3 nitrogen and oxygen atoms in total. The molecule has 0 fully saturated rings. The lowest BCUT2D eigenvalue weighted by molar-refractivity contribution is 0.477. The summed E-state index contributed by atoms with van der Waals surface area (Å²) >= 11 is 1.76. The smallest absolute Gasteiger partial charge is 0.0537 e. The molecule has 0 aromatic carbocycles. The van der Waals surface area contributed by atoms with E-state index in [0.717, 1.165) is 13.0 Å². The topological polar surface area (TPSA) is 29.9 Å². The van der Waals surface area contributed by atoms with Crippen molar-refractivity contribution in [2.75, 3.05) is 0 Å². The zero-order valence-electron chi connectivity index (χ0n) is 11.3. The van der Waals surface area contributed by atoms with E-state index in [-0.39, 0.29) is 0 Å². The van der Waals surface area contributed by atoms with Gasteiger partial charge in [0.25, 0.3) is 0 Å². The Hall–Kier alpha value is -1.13. The van der Waals surface area contributed by atoms with Gasteiger partial charge in [0, 0.05) is 30.4 Å². The second-order valence-electron chi connectivity index (χ2n) is 4.75. The molecule has 0 spiro atoms. The molecule has 0 bridgehead atoms. The summed E-state index contributed by atoms with van der Waals surface area (Å²) in [5, 5.41) is 12.3. The van der Waals surface area contributed by atoms with Crippen molar-refractivity contribution >= 4 is 11.3 Å². The first-order chi connectivity index (χ1) is 8.69. The van der Waals surface area contributed by atoms with Crippen molar-refractivity contribution < 1.29 is 0 Å². The van der Waals surface area contributed by atoms with Crippen LogP contribution >= 0.6 is 11.3 Å². The molecule has 2 aromatic heterocycles. The van der Waals surface area contributed by atoms with E-state index in [9.17, 15) is 0 Å². The molecule has 2 atom stereocenters. The van der Waals surface area contributed by atoms with Crippen LogP contribution in [0.25, 0.3) is 0 Å². The van der Waals surface area contributed by atoms with Crippen LogP contribution in [0, 0.1) is 0 Å². The van der Waals surface area contributed by atoms with Crippen molar-refractivity contribution in [2.45, 2.75) is 45.8 Å². The summed E-state index contributed by atoms with van der Waals surface area (Å²) in [7, 11) is 0. The third-order valence-corrected chi connectivity index (χ3v) is 3.87. The Bertz CT molecular complexity index is 461. The van der Waals surface area contributed by atoms with Gasteiger partial charge in [0.15, 0.2) is 0 Å². The zero-order chi connectivity index (χ0) is 13.0. The van der Waals surface area contributed by atoms with Gasteiger partial charge in [0.05, 0.1) is 6.20 Å². The summed E-state index contributed by atoms with van der Waals surface area (Å²) in [6, 6.07) is 3.02. The summed E-state index contributed by atoms with van der Waals surface area (Å²) in [6.07, 6.45) is 5.16. The number of hydrogen-bond donors (Lipinski definition) is 1. The average Bonchev–Trinajstić information content (AvgIpc) is 2.98. The second-order valence-corrected chi connectivity index (χ2v) is 5.53. The molecule has 0 aliphatic carbocycles. The molecule has 0 aliphatic heterocycles. The fraction of sp³-hybridized carbons (Fsp3) is 0.500. The third-order valence-electron chi connectivity index (χ3n) is 3.13. The lowest BCUT2D eigenvalue weighted by Gasteiger charge is -2.18. The van der Waals surface area contributed by atoms with E-state index >= 15 is 0 Å². The van der Waals surface area contributed by atoms with E-state index < -0.39 is 0 Å². The van der Waals surface area contributed by atoms with Crippen LogP contribution in [0.15, 0.2) is 29.2 Å². The Balaban J connectivity index is 1.88. The minimum absolute atomic E-state index is 0.346. The van der Waals surface area contributed by atoms with Crippen LogP contribution in [0.5, 0.6) is 0 Å². The van der Waals surface area contributed by atoms with E-state index in [2.05, 4.69) is 54.2 Å². The molecular formula is C14H21N3S. The van der Waals surface area contributed by atoms with E-state index in [4.69, 9.17) is 0 Å². The molecule has 98 valence electrons. The number of nitrogens with zero attached hydrogens (tertiary/aromatic N) is 2. The first kappa shape index (κ1) is 13.3. The SMILES string of the molecule is CCn1cc(C(C)NC(C)Cc2ccsc2)cn1. The highest BCUT2D eigenvalue weighted by atomic mass is 32.1. The van der Waals surface area contributed by atoms with Crippen molar-refractivity contribution in [1.82, 2.24) is 15.1 Å². The molecule has 0 saturated heterocycles. The van der Waals surface area contributed by atoms with Gasteiger partial charge < -0.3 is 5.32 Å². The van der Waals surface area contributed by atoms with Gasteiger partial charge in [-0.2, -0.15) is 16.4 Å². The Morgan fingerprint density at radius 3 is 2.89 bits per heavy atom. The number of thiophene rings is 1. The van der Waals surface area contributed by atoms with Crippen molar-refractivity contribution in [3.05, 3.63) is 40.3 Å². The molecule has 1 N–H and O–H groups in total. The highest BCUT2D eigenvalue weighted by Crippen LogP contribution is 2.14. The van der Waals surface area contributed by atoms with Crippen molar-refractivity contribution in [3.63, 3.8) is 0 Å². The molecule has 0 radical (unpaired) electrons. The maximum atomic E-state index is 4.32. The number of hydrogen-bond acceptors (Lipinski definition) is 3. The van der Waals surface area contributed by atoms with Gasteiger partial charge in [-0.05, 0) is 49.6 Å². The van der Waals surface area contributed by atoms with Crippen molar-refractivity contribution in [1.29, 1.82) is 0 Å². The summed E-state index contributed by atoms with van der Waals surface area (Å²) in [4.78, 5) is 0. The molecule has 0 aliphatic rings. The van der Waals surface area contributed by atoms with Gasteiger partial charge in [-0.25, -0.2) is 0 Å². The van der Waals surface area contributed by atoms with Gasteiger partial charge >= 0.3 is 0 Å². The van der Waals surface area contributed by atoms with Crippen LogP contribution in [-0.2, 0) is 13.0 Å². The maximum absolute atomic E-state index is 4.32. The summed E-state index contributed by atoms with van der Waals surface area (Å²) in [5.74, 6) is 0. The fourth-order valence-electron chi connectivity index (χ4n) is 2.12. The van der Waals surface area contributed by atoms with Crippen LogP contribution in [0.1, 0.15) is 37.9 Å². The maximum Gasteiger partial charge on any atom is 0.0537 e. The molecule has 0 amide bonds. The van der Waals surface area contributed by atoms with Crippen LogP contribution in [-0.4, -0.2) is 15.8 Å². The Morgan fingerprint density at radius 1 is 1.44 bits per heavy atom. The Morgan fingerprint density at radius 2 is 2.28 bits per heavy atom. The minimum atomic E-state index is 0.346. The van der Waals surface area contributed by atoms with E-state index in [1.807, 2.05) is 10.9 Å². The molecule has 2 rings (SSSR count). The molecular weight excluding hydrogens is 242 g/mol. The molecule has 4 heteroatoms. The zero-order valence-corrected chi connectivity index (χ0v) is 12.1. The van der Waals surface area contributed by atoms with E-state index in [1.165, 1.54) is 11.1 Å². The lowest BCUT2D eigenvalue weighted by Crippen LogP contribution is -2.30. The minimum Gasteiger partial charge on any atom is -0.307 e. The molecule has 18 heavy (non-hydrogen) atoms. The predicted molar refractivity (Wildman–Crippen MR) is 76.9 cm³/mol.